The van der Waals surface area contributed by atoms with Gasteiger partial charge in [0.05, 0.1) is 0 Å². The molecule has 0 spiro atoms. The number of halogens is 1. The summed E-state index contributed by atoms with van der Waals surface area (Å²) in [7, 11) is 0. The van der Waals surface area contributed by atoms with Crippen LogP contribution in [0.25, 0.3) is 0 Å². The lowest BCUT2D eigenvalue weighted by molar-refractivity contribution is -0.122. The average Bonchev–Trinajstić information content (AvgIpc) is 2.53. The summed E-state index contributed by atoms with van der Waals surface area (Å²) in [5.41, 5.74) is 5.49. The van der Waals surface area contributed by atoms with Crippen LogP contribution in [0.3, 0.4) is 0 Å². The maximum absolute atomic E-state index is 13.2. The molecule has 1 aliphatic carbocycles. The van der Waals surface area contributed by atoms with Crippen LogP contribution in [0.4, 0.5) is 10.1 Å². The quantitative estimate of drug-likeness (QED) is 0.824. The summed E-state index contributed by atoms with van der Waals surface area (Å²) < 4.78 is 13.2. The maximum Gasteiger partial charge on any atom is 0.243 e. The topological polar surface area (TPSA) is 55.1 Å². The van der Waals surface area contributed by atoms with Crippen LogP contribution in [-0.4, -0.2) is 11.4 Å². The zero-order valence-electron chi connectivity index (χ0n) is 11.3. The molecule has 1 aromatic rings. The smallest absolute Gasteiger partial charge is 0.243 e. The number of primary amides is 1. The lowest BCUT2D eigenvalue weighted by Crippen LogP contribution is -2.50. The van der Waals surface area contributed by atoms with Crippen LogP contribution in [0.15, 0.2) is 24.3 Å². The van der Waals surface area contributed by atoms with Gasteiger partial charge in [-0.05, 0) is 43.4 Å². The number of hydrogen-bond donors (Lipinski definition) is 2. The van der Waals surface area contributed by atoms with Crippen LogP contribution < -0.4 is 11.1 Å². The third kappa shape index (κ3) is 3.25. The third-order valence-electron chi connectivity index (χ3n) is 4.04. The largest absolute Gasteiger partial charge is 0.371 e. The average molecular weight is 264 g/mol. The van der Waals surface area contributed by atoms with Gasteiger partial charge in [-0.25, -0.2) is 4.39 Å². The molecule has 104 valence electrons. The zero-order chi connectivity index (χ0) is 13.9. The van der Waals surface area contributed by atoms with Crippen molar-refractivity contribution in [1.82, 2.24) is 0 Å². The molecule has 3 nitrogen and oxygen atoms in total. The first kappa shape index (κ1) is 13.8. The summed E-state index contributed by atoms with van der Waals surface area (Å²) in [6.45, 7) is 2.19. The molecule has 0 aliphatic heterocycles. The van der Waals surface area contributed by atoms with Gasteiger partial charge >= 0.3 is 0 Å². The second-order valence-corrected chi connectivity index (χ2v) is 5.62. The number of amides is 1. The molecule has 1 aliphatic rings. The minimum Gasteiger partial charge on any atom is -0.371 e. The highest BCUT2D eigenvalue weighted by molar-refractivity contribution is 5.88. The first-order valence-electron chi connectivity index (χ1n) is 6.85. The van der Waals surface area contributed by atoms with Gasteiger partial charge in [-0.1, -0.05) is 25.8 Å². The molecule has 3 N–H and O–H groups in total. The summed E-state index contributed by atoms with van der Waals surface area (Å²) in [6.07, 6.45) is 4.46. The Balaban J connectivity index is 2.22. The molecule has 4 heteroatoms. The van der Waals surface area contributed by atoms with Crippen LogP contribution in [-0.2, 0) is 4.79 Å². The Kier molecular flexibility index (Phi) is 4.08. The highest BCUT2D eigenvalue weighted by Gasteiger charge is 2.37. The number of rotatable bonds is 3. The van der Waals surface area contributed by atoms with Gasteiger partial charge < -0.3 is 11.1 Å². The Hall–Kier alpha value is -1.58. The van der Waals surface area contributed by atoms with E-state index in [1.807, 2.05) is 0 Å². The molecule has 1 aromatic carbocycles. The Morgan fingerprint density at radius 2 is 2.21 bits per heavy atom. The second-order valence-electron chi connectivity index (χ2n) is 5.62. The van der Waals surface area contributed by atoms with Gasteiger partial charge in [0.2, 0.25) is 5.91 Å². The molecule has 2 rings (SSSR count). The molecule has 1 amide bonds. The minimum absolute atomic E-state index is 0.313. The summed E-state index contributed by atoms with van der Waals surface area (Å²) in [5, 5.41) is 3.18. The lowest BCUT2D eigenvalue weighted by Gasteiger charge is -2.31. The van der Waals surface area contributed by atoms with E-state index < -0.39 is 5.54 Å². The number of benzene rings is 1. The van der Waals surface area contributed by atoms with Gasteiger partial charge in [0.25, 0.3) is 0 Å². The van der Waals surface area contributed by atoms with Crippen molar-refractivity contribution < 1.29 is 9.18 Å². The van der Waals surface area contributed by atoms with Crippen molar-refractivity contribution in [2.24, 2.45) is 11.7 Å². The Bertz CT molecular complexity index is 463. The zero-order valence-corrected chi connectivity index (χ0v) is 11.3. The van der Waals surface area contributed by atoms with Gasteiger partial charge in [0.1, 0.15) is 11.4 Å². The Labute approximate surface area is 113 Å². The normalized spacial score (nSPS) is 27.6. The van der Waals surface area contributed by atoms with Crippen LogP contribution in [0.1, 0.15) is 39.0 Å². The fourth-order valence-corrected chi connectivity index (χ4v) is 2.79. The van der Waals surface area contributed by atoms with Crippen LogP contribution in [0, 0.1) is 11.7 Å². The van der Waals surface area contributed by atoms with Gasteiger partial charge in [-0.3, -0.25) is 4.79 Å². The summed E-state index contributed by atoms with van der Waals surface area (Å²) in [4.78, 5) is 11.9. The predicted molar refractivity (Wildman–Crippen MR) is 74.2 cm³/mol. The summed E-state index contributed by atoms with van der Waals surface area (Å²) in [5.74, 6) is -0.0481. The maximum atomic E-state index is 13.2. The summed E-state index contributed by atoms with van der Waals surface area (Å²) >= 11 is 0. The second kappa shape index (κ2) is 5.59. The molecule has 1 fully saturated rings. The van der Waals surface area contributed by atoms with E-state index in [4.69, 9.17) is 5.73 Å². The van der Waals surface area contributed by atoms with E-state index in [-0.39, 0.29) is 11.7 Å². The molecule has 2 atom stereocenters. The van der Waals surface area contributed by atoms with Gasteiger partial charge in [-0.15, -0.1) is 0 Å². The van der Waals surface area contributed by atoms with Crippen molar-refractivity contribution in [1.29, 1.82) is 0 Å². The number of nitrogens with one attached hydrogen (secondary N) is 1. The Morgan fingerprint density at radius 1 is 1.42 bits per heavy atom. The van der Waals surface area contributed by atoms with Crippen molar-refractivity contribution in [3.63, 3.8) is 0 Å². The van der Waals surface area contributed by atoms with E-state index in [9.17, 15) is 9.18 Å². The molecule has 0 aromatic heterocycles. The van der Waals surface area contributed by atoms with Crippen LogP contribution >= 0.6 is 0 Å². The molecular formula is C15H21FN2O. The fourth-order valence-electron chi connectivity index (χ4n) is 2.79. The molecule has 0 radical (unpaired) electrons. The number of anilines is 1. The molecule has 1 saturated carbocycles. The molecule has 0 bridgehead atoms. The molecule has 19 heavy (non-hydrogen) atoms. The van der Waals surface area contributed by atoms with E-state index in [0.717, 1.165) is 19.3 Å². The van der Waals surface area contributed by atoms with Gasteiger partial charge in [0, 0.05) is 5.69 Å². The molecule has 2 unspecified atom stereocenters. The molecular weight excluding hydrogens is 243 g/mol. The third-order valence-corrected chi connectivity index (χ3v) is 4.04. The van der Waals surface area contributed by atoms with Crippen LogP contribution in [0.2, 0.25) is 0 Å². The SMILES string of the molecule is CC1CCCC(Nc2cccc(F)c2)(C(N)=O)CC1. The standard InChI is InChI=1S/C15H21FN2O/c1-11-4-3-8-15(9-7-11,14(17)19)18-13-6-2-5-12(16)10-13/h2,5-6,10-11,18H,3-4,7-9H2,1H3,(H2,17,19). The molecule has 0 saturated heterocycles. The van der Waals surface area contributed by atoms with Crippen molar-refractivity contribution in [2.45, 2.75) is 44.6 Å². The minimum atomic E-state index is -0.738. The van der Waals surface area contributed by atoms with Crippen molar-refractivity contribution in [2.75, 3.05) is 5.32 Å². The van der Waals surface area contributed by atoms with Gasteiger partial charge in [0.15, 0.2) is 0 Å². The number of nitrogens with two attached hydrogens (primary N) is 1. The van der Waals surface area contributed by atoms with E-state index in [2.05, 4.69) is 12.2 Å². The molecule has 0 heterocycles. The number of carbonyl (C=O) groups excluding carboxylic acids is 1. The van der Waals surface area contributed by atoms with Crippen LogP contribution in [0.5, 0.6) is 0 Å². The van der Waals surface area contributed by atoms with Gasteiger partial charge in [-0.2, -0.15) is 0 Å². The van der Waals surface area contributed by atoms with Crippen molar-refractivity contribution in [3.8, 4) is 0 Å². The first-order valence-corrected chi connectivity index (χ1v) is 6.85. The van der Waals surface area contributed by atoms with E-state index in [1.165, 1.54) is 12.1 Å². The summed E-state index contributed by atoms with van der Waals surface area (Å²) in [6, 6.07) is 6.18. The number of hydrogen-bond acceptors (Lipinski definition) is 2. The number of carbonyl (C=O) groups is 1. The predicted octanol–water partition coefficient (Wildman–Crippen LogP) is 3.06. The lowest BCUT2D eigenvalue weighted by atomic mass is 9.88. The van der Waals surface area contributed by atoms with Crippen molar-refractivity contribution >= 4 is 11.6 Å². The Morgan fingerprint density at radius 3 is 2.89 bits per heavy atom. The highest BCUT2D eigenvalue weighted by Crippen LogP contribution is 2.33. The van der Waals surface area contributed by atoms with E-state index in [1.54, 1.807) is 12.1 Å². The monoisotopic (exact) mass is 264 g/mol. The first-order chi connectivity index (χ1) is 9.02. The fraction of sp³-hybridized carbons (Fsp3) is 0.533. The van der Waals surface area contributed by atoms with E-state index in [0.29, 0.717) is 24.4 Å². The van der Waals surface area contributed by atoms with Crippen molar-refractivity contribution in [3.05, 3.63) is 30.1 Å². The highest BCUT2D eigenvalue weighted by atomic mass is 19.1. The van der Waals surface area contributed by atoms with E-state index >= 15 is 0 Å².